The van der Waals surface area contributed by atoms with Crippen LogP contribution in [-0.4, -0.2) is 18.9 Å². The lowest BCUT2D eigenvalue weighted by Crippen LogP contribution is -1.92. The van der Waals surface area contributed by atoms with Crippen molar-refractivity contribution in [3.8, 4) is 0 Å². The maximum Gasteiger partial charge on any atom is 0.127 e. The molecule has 3 nitrogen and oxygen atoms in total. The number of benzene rings is 3. The topological polar surface area (TPSA) is 51.2 Å². The molecule has 0 bridgehead atoms. The average molecular weight is 389 g/mol. The van der Waals surface area contributed by atoms with Gasteiger partial charge in [0.15, 0.2) is 0 Å². The monoisotopic (exact) mass is 388 g/mol. The van der Waals surface area contributed by atoms with Crippen LogP contribution in [0.2, 0.25) is 0 Å². The summed E-state index contributed by atoms with van der Waals surface area (Å²) in [6.07, 6.45) is 4.84. The third kappa shape index (κ3) is 11.2. The molecule has 0 radical (unpaired) electrons. The number of carbonyl (C=O) groups is 3. The summed E-state index contributed by atoms with van der Waals surface area (Å²) in [5, 5.41) is 0. The van der Waals surface area contributed by atoms with Crippen molar-refractivity contribution in [2.24, 2.45) is 0 Å². The smallest absolute Gasteiger partial charge is 0.127 e. The Labute approximate surface area is 173 Å². The fraction of sp³-hybridized carbons (Fsp3) is 0.192. The van der Waals surface area contributed by atoms with E-state index in [1.54, 1.807) is 0 Å². The van der Waals surface area contributed by atoms with Crippen LogP contribution in [-0.2, 0) is 27.2 Å². The van der Waals surface area contributed by atoms with E-state index in [1.807, 2.05) is 97.9 Å². The molecule has 0 aliphatic rings. The van der Waals surface area contributed by atoms with Gasteiger partial charge in [-0.3, -0.25) is 0 Å². The number of aryl methyl sites for hydroxylation is 1. The standard InChI is InChI=1S/2C9H10O.C8H8O/c1-8(7-10)9-5-3-2-4-6-9;10-8-4-7-9-5-2-1-3-6-9;9-7-6-8-4-2-1-3-5-8/h2-8H,1H3;1-3,5-6,8H,4,7H2;1-5,7H,6H2. The Bertz CT molecular complexity index is 799. The van der Waals surface area contributed by atoms with Crippen molar-refractivity contribution in [1.29, 1.82) is 0 Å². The molecule has 0 heterocycles. The molecule has 0 saturated heterocycles. The minimum atomic E-state index is 0.0289. The second-order valence-electron chi connectivity index (χ2n) is 6.38. The van der Waals surface area contributed by atoms with Crippen LogP contribution in [0.25, 0.3) is 0 Å². The third-order valence-corrected chi connectivity index (χ3v) is 4.09. The highest BCUT2D eigenvalue weighted by Gasteiger charge is 1.99. The van der Waals surface area contributed by atoms with E-state index >= 15 is 0 Å². The summed E-state index contributed by atoms with van der Waals surface area (Å²) in [6.45, 7) is 1.89. The van der Waals surface area contributed by atoms with Crippen LogP contribution < -0.4 is 0 Å². The molecule has 0 aliphatic heterocycles. The van der Waals surface area contributed by atoms with Crippen LogP contribution >= 0.6 is 0 Å². The molecule has 1 atom stereocenters. The summed E-state index contributed by atoms with van der Waals surface area (Å²) in [5.74, 6) is 0.0289. The summed E-state index contributed by atoms with van der Waals surface area (Å²) >= 11 is 0. The lowest BCUT2D eigenvalue weighted by molar-refractivity contribution is -0.109. The van der Waals surface area contributed by atoms with Gasteiger partial charge in [0.2, 0.25) is 0 Å². The van der Waals surface area contributed by atoms with Crippen LogP contribution in [0, 0.1) is 0 Å². The lowest BCUT2D eigenvalue weighted by atomic mass is 10.0. The predicted molar refractivity (Wildman–Crippen MR) is 118 cm³/mol. The van der Waals surface area contributed by atoms with E-state index in [4.69, 9.17) is 0 Å². The number of hydrogen-bond donors (Lipinski definition) is 0. The maximum atomic E-state index is 10.3. The summed E-state index contributed by atoms with van der Waals surface area (Å²) < 4.78 is 0. The van der Waals surface area contributed by atoms with Crippen molar-refractivity contribution in [1.82, 2.24) is 0 Å². The molecule has 3 aromatic carbocycles. The number of rotatable bonds is 7. The molecule has 0 aromatic heterocycles. The highest BCUT2D eigenvalue weighted by Crippen LogP contribution is 2.10. The number of carbonyl (C=O) groups excluding carboxylic acids is 3. The Kier molecular flexibility index (Phi) is 12.8. The number of hydrogen-bond acceptors (Lipinski definition) is 3. The first-order chi connectivity index (χ1) is 14.2. The average Bonchev–Trinajstić information content (AvgIpc) is 2.80. The van der Waals surface area contributed by atoms with Crippen LogP contribution in [0.3, 0.4) is 0 Å². The van der Waals surface area contributed by atoms with Gasteiger partial charge in [0.25, 0.3) is 0 Å². The highest BCUT2D eigenvalue weighted by molar-refractivity contribution is 5.61. The van der Waals surface area contributed by atoms with Crippen molar-refractivity contribution < 1.29 is 14.4 Å². The first kappa shape index (κ1) is 23.7. The zero-order valence-electron chi connectivity index (χ0n) is 16.8. The predicted octanol–water partition coefficient (Wildman–Crippen LogP) is 5.24. The molecule has 0 saturated carbocycles. The van der Waals surface area contributed by atoms with Crippen molar-refractivity contribution >= 4 is 18.9 Å². The third-order valence-electron chi connectivity index (χ3n) is 4.09. The molecule has 1 unspecified atom stereocenters. The molecule has 3 heteroatoms. The van der Waals surface area contributed by atoms with Crippen molar-refractivity contribution in [3.05, 3.63) is 108 Å². The summed E-state index contributed by atoms with van der Waals surface area (Å²) in [7, 11) is 0. The van der Waals surface area contributed by atoms with Crippen LogP contribution in [0.1, 0.15) is 36.0 Å². The van der Waals surface area contributed by atoms with Crippen molar-refractivity contribution in [2.45, 2.75) is 32.1 Å². The van der Waals surface area contributed by atoms with E-state index in [0.29, 0.717) is 12.8 Å². The molecule has 29 heavy (non-hydrogen) atoms. The second-order valence-corrected chi connectivity index (χ2v) is 6.38. The molecule has 0 spiro atoms. The van der Waals surface area contributed by atoms with Gasteiger partial charge in [0, 0.05) is 18.8 Å². The quantitative estimate of drug-likeness (QED) is 0.521. The Morgan fingerprint density at radius 1 is 0.655 bits per heavy atom. The molecule has 0 N–H and O–H groups in total. The van der Waals surface area contributed by atoms with Gasteiger partial charge >= 0.3 is 0 Å². The van der Waals surface area contributed by atoms with Gasteiger partial charge in [-0.25, -0.2) is 0 Å². The van der Waals surface area contributed by atoms with Crippen LogP contribution in [0.5, 0.6) is 0 Å². The molecular formula is C26H28O3. The molecule has 0 amide bonds. The fourth-order valence-corrected chi connectivity index (χ4v) is 2.42. The lowest BCUT2D eigenvalue weighted by Gasteiger charge is -2.00. The molecule has 150 valence electrons. The van der Waals surface area contributed by atoms with Crippen LogP contribution in [0.4, 0.5) is 0 Å². The zero-order valence-corrected chi connectivity index (χ0v) is 16.8. The van der Waals surface area contributed by atoms with E-state index < -0.39 is 0 Å². The normalized spacial score (nSPS) is 10.2. The molecule has 0 aliphatic carbocycles. The van der Waals surface area contributed by atoms with Gasteiger partial charge in [-0.15, -0.1) is 0 Å². The molecule has 0 fully saturated rings. The van der Waals surface area contributed by atoms with E-state index in [9.17, 15) is 14.4 Å². The first-order valence-corrected chi connectivity index (χ1v) is 9.66. The van der Waals surface area contributed by atoms with Gasteiger partial charge in [0.05, 0.1) is 0 Å². The SMILES string of the molecule is CC(C=O)c1ccccc1.O=CCCc1ccccc1.O=CCc1ccccc1. The fourth-order valence-electron chi connectivity index (χ4n) is 2.42. The van der Waals surface area contributed by atoms with Gasteiger partial charge < -0.3 is 14.4 Å². The molecule has 3 aromatic rings. The van der Waals surface area contributed by atoms with Crippen molar-refractivity contribution in [3.63, 3.8) is 0 Å². The van der Waals surface area contributed by atoms with E-state index in [1.165, 1.54) is 5.56 Å². The maximum absolute atomic E-state index is 10.3. The second kappa shape index (κ2) is 15.7. The minimum Gasteiger partial charge on any atom is -0.303 e. The van der Waals surface area contributed by atoms with E-state index in [2.05, 4.69) is 0 Å². The summed E-state index contributed by atoms with van der Waals surface area (Å²) in [6, 6.07) is 29.4. The largest absolute Gasteiger partial charge is 0.303 e. The Hall–Kier alpha value is -3.33. The number of aldehydes is 3. The van der Waals surface area contributed by atoms with Gasteiger partial charge in [-0.1, -0.05) is 97.9 Å². The first-order valence-electron chi connectivity index (χ1n) is 9.66. The van der Waals surface area contributed by atoms with Gasteiger partial charge in [0.1, 0.15) is 18.9 Å². The van der Waals surface area contributed by atoms with Crippen LogP contribution in [0.15, 0.2) is 91.0 Å². The zero-order chi connectivity index (χ0) is 21.2. The minimum absolute atomic E-state index is 0.0289. The van der Waals surface area contributed by atoms with E-state index in [-0.39, 0.29) is 5.92 Å². The Morgan fingerprint density at radius 2 is 1.14 bits per heavy atom. The highest BCUT2D eigenvalue weighted by atomic mass is 16.1. The van der Waals surface area contributed by atoms with Gasteiger partial charge in [-0.05, 0) is 23.1 Å². The summed E-state index contributed by atoms with van der Waals surface area (Å²) in [5.41, 5.74) is 3.39. The van der Waals surface area contributed by atoms with Gasteiger partial charge in [-0.2, -0.15) is 0 Å². The molecule has 3 rings (SSSR count). The van der Waals surface area contributed by atoms with E-state index in [0.717, 1.165) is 36.4 Å². The Balaban J connectivity index is 0.000000218. The summed E-state index contributed by atoms with van der Waals surface area (Å²) in [4.78, 5) is 30.3. The van der Waals surface area contributed by atoms with Crippen molar-refractivity contribution in [2.75, 3.05) is 0 Å². The Morgan fingerprint density at radius 3 is 1.59 bits per heavy atom. The molecular weight excluding hydrogens is 360 g/mol.